The quantitative estimate of drug-likeness (QED) is 0.0316. The van der Waals surface area contributed by atoms with Gasteiger partial charge in [-0.15, -0.1) is 0 Å². The van der Waals surface area contributed by atoms with Crippen LogP contribution in [0.4, 0.5) is 46.5 Å². The van der Waals surface area contributed by atoms with Gasteiger partial charge in [-0.05, 0) is 133 Å². The molecule has 0 saturated heterocycles. The first kappa shape index (κ1) is 68.8. The van der Waals surface area contributed by atoms with Gasteiger partial charge >= 0.3 is 31.4 Å². The standard InChI is InChI=1S/C32H26ClF4NO4.C25H22BrClF3NO2.C7H6BFO4/c1-19-6-8-20(9-7-19)16-30(39)38-27-17-21(25-18-22(34)11-12-23(25)31(40)41)10-13-29(27)42-28(14-15-32(35,36)37)24-4-2-3-5-26(24)33;1-16-6-8-17(9-7-16)14-24(32)31-21-15-18(26)10-11-23(21)33-22(12-13-25(28,29)30)19-4-2-3-5-20(19)27;9-4-1-2-5(7(10)11)6(3-4)8(12)13/h2-13,17-18,28H,14-16H2,1H3,(H,38,39)(H,40,41);2-11,15,22H,12-14H2,1H3,(H,31,32);1-3,12-13H,(H,10,11). The Morgan fingerprint density at radius 2 is 0.966 bits per heavy atom. The molecule has 0 aliphatic rings. The van der Waals surface area contributed by atoms with E-state index in [0.717, 1.165) is 53.1 Å². The zero-order valence-corrected chi connectivity index (χ0v) is 49.6. The number of rotatable bonds is 20. The highest BCUT2D eigenvalue weighted by Gasteiger charge is 2.32. The molecule has 2 amide bonds. The third-order valence-electron chi connectivity index (χ3n) is 12.9. The predicted molar refractivity (Wildman–Crippen MR) is 323 cm³/mol. The lowest BCUT2D eigenvalue weighted by Gasteiger charge is -2.23. The zero-order chi connectivity index (χ0) is 64.5. The van der Waals surface area contributed by atoms with Crippen molar-refractivity contribution in [3.05, 3.63) is 241 Å². The van der Waals surface area contributed by atoms with Gasteiger partial charge in [0.1, 0.15) is 35.3 Å². The monoisotopic (exact) mass is 1320 g/mol. The molecule has 24 heteroatoms. The second kappa shape index (κ2) is 31.6. The Labute approximate surface area is 519 Å². The van der Waals surface area contributed by atoms with Gasteiger partial charge in [-0.1, -0.05) is 141 Å². The first-order valence-electron chi connectivity index (χ1n) is 26.5. The van der Waals surface area contributed by atoms with E-state index in [1.807, 2.05) is 50.2 Å². The van der Waals surface area contributed by atoms with Crippen molar-refractivity contribution in [2.75, 3.05) is 10.6 Å². The van der Waals surface area contributed by atoms with E-state index >= 15 is 0 Å². The Morgan fingerprint density at radius 3 is 1.40 bits per heavy atom. The second-order valence-corrected chi connectivity index (χ2v) is 21.5. The van der Waals surface area contributed by atoms with Crippen molar-refractivity contribution >= 4 is 86.8 Å². The number of amides is 2. The van der Waals surface area contributed by atoms with Crippen LogP contribution in [0.15, 0.2) is 174 Å². The first-order valence-corrected chi connectivity index (χ1v) is 28.1. The number of halogens is 11. The topological polar surface area (TPSA) is 192 Å². The van der Waals surface area contributed by atoms with E-state index in [-0.39, 0.29) is 75.1 Å². The summed E-state index contributed by atoms with van der Waals surface area (Å²) in [4.78, 5) is 48.0. The molecule has 88 heavy (non-hydrogen) atoms. The van der Waals surface area contributed by atoms with E-state index in [0.29, 0.717) is 31.9 Å². The number of anilines is 2. The summed E-state index contributed by atoms with van der Waals surface area (Å²) in [5, 5.41) is 41.7. The number of ether oxygens (including phenoxy) is 2. The van der Waals surface area contributed by atoms with E-state index in [2.05, 4.69) is 26.6 Å². The average Bonchev–Trinajstić information content (AvgIpc) is 1.30. The van der Waals surface area contributed by atoms with Gasteiger partial charge in [0.2, 0.25) is 11.8 Å². The third-order valence-corrected chi connectivity index (χ3v) is 14.1. The van der Waals surface area contributed by atoms with Crippen LogP contribution in [0.5, 0.6) is 11.5 Å². The molecule has 12 nitrogen and oxygen atoms in total. The number of carboxylic acids is 2. The van der Waals surface area contributed by atoms with Crippen LogP contribution >= 0.6 is 39.1 Å². The number of hydrogen-bond acceptors (Lipinski definition) is 8. The van der Waals surface area contributed by atoms with E-state index in [1.165, 1.54) is 24.3 Å². The Hall–Kier alpha value is -8.28. The van der Waals surface area contributed by atoms with E-state index in [4.69, 9.17) is 47.8 Å². The molecule has 8 rings (SSSR count). The molecule has 0 radical (unpaired) electrons. The maximum Gasteiger partial charge on any atom is 0.489 e. The van der Waals surface area contributed by atoms with Crippen LogP contribution in [0.2, 0.25) is 10.0 Å². The largest absolute Gasteiger partial charge is 0.489 e. The molecule has 2 unspecified atom stereocenters. The fourth-order valence-electron chi connectivity index (χ4n) is 8.58. The SMILES string of the molecule is Cc1ccc(CC(=O)Nc2cc(-c3cc(F)ccc3C(=O)O)ccc2OC(CCC(F)(F)F)c2ccccc2Cl)cc1.Cc1ccc(CC(=O)Nc2cc(Br)ccc2OC(CCC(F)(F)F)c2ccccc2Cl)cc1.O=C(O)c1ccc(F)cc1B(O)O. The van der Waals surface area contributed by atoms with Crippen LogP contribution in [0.1, 0.15) is 92.0 Å². The first-order chi connectivity index (χ1) is 41.5. The maximum absolute atomic E-state index is 14.1. The fraction of sp³-hybridized carbons (Fsp3) is 0.188. The minimum absolute atomic E-state index is 0.0215. The molecule has 0 bridgehead atoms. The van der Waals surface area contributed by atoms with E-state index < -0.39 is 80.4 Å². The predicted octanol–water partition coefficient (Wildman–Crippen LogP) is 16.1. The third kappa shape index (κ3) is 21.5. The molecule has 0 aliphatic carbocycles. The molecule has 8 aromatic rings. The molecule has 460 valence electrons. The Bertz CT molecular complexity index is 3730. The number of carboxylic acid groups (broad SMARTS) is 2. The van der Waals surface area contributed by atoms with Crippen molar-refractivity contribution in [2.45, 2.75) is 76.9 Å². The van der Waals surface area contributed by atoms with E-state index in [9.17, 15) is 59.4 Å². The number of nitrogens with one attached hydrogen (secondary N) is 2. The molecule has 0 spiro atoms. The van der Waals surface area contributed by atoms with Crippen molar-refractivity contribution in [3.63, 3.8) is 0 Å². The van der Waals surface area contributed by atoms with Crippen molar-refractivity contribution in [2.24, 2.45) is 0 Å². The average molecular weight is 1320 g/mol. The minimum Gasteiger partial charge on any atom is -0.483 e. The summed E-state index contributed by atoms with van der Waals surface area (Å²) in [5.74, 6) is -4.46. The van der Waals surface area contributed by atoms with Crippen LogP contribution < -0.4 is 25.6 Å². The lowest BCUT2D eigenvalue weighted by molar-refractivity contribution is -0.140. The van der Waals surface area contributed by atoms with Gasteiger partial charge in [-0.25, -0.2) is 18.4 Å². The summed E-state index contributed by atoms with van der Waals surface area (Å²) in [6.45, 7) is 3.87. The zero-order valence-electron chi connectivity index (χ0n) is 46.5. The number of aryl methyl sites for hydroxylation is 2. The van der Waals surface area contributed by atoms with Gasteiger partial charge in [0.15, 0.2) is 0 Å². The fourth-order valence-corrected chi connectivity index (χ4v) is 9.46. The summed E-state index contributed by atoms with van der Waals surface area (Å²) >= 11 is 15.9. The Kier molecular flexibility index (Phi) is 24.7. The van der Waals surface area contributed by atoms with E-state index in [1.54, 1.807) is 72.8 Å². The molecule has 0 aromatic heterocycles. The molecule has 2 atom stereocenters. The summed E-state index contributed by atoms with van der Waals surface area (Å²) in [7, 11) is -1.98. The van der Waals surface area contributed by atoms with Crippen molar-refractivity contribution in [3.8, 4) is 22.6 Å². The highest BCUT2D eigenvalue weighted by atomic mass is 79.9. The van der Waals surface area contributed by atoms with Crippen LogP contribution in [0.3, 0.4) is 0 Å². The molecule has 0 fully saturated rings. The Morgan fingerprint density at radius 1 is 0.545 bits per heavy atom. The lowest BCUT2D eigenvalue weighted by Crippen LogP contribution is -2.35. The second-order valence-electron chi connectivity index (χ2n) is 19.7. The number of alkyl halides is 6. The molecule has 0 saturated carbocycles. The summed E-state index contributed by atoms with van der Waals surface area (Å²) in [5.41, 5.74) is 4.28. The summed E-state index contributed by atoms with van der Waals surface area (Å²) in [6, 6.07) is 42.9. The molecule has 0 heterocycles. The number of benzene rings is 8. The minimum atomic E-state index is -4.46. The van der Waals surface area contributed by atoms with Gasteiger partial charge in [-0.3, -0.25) is 9.59 Å². The van der Waals surface area contributed by atoms with Crippen LogP contribution in [-0.4, -0.2) is 63.5 Å². The maximum atomic E-state index is 14.1. The molecule has 6 N–H and O–H groups in total. The summed E-state index contributed by atoms with van der Waals surface area (Å²) in [6.07, 6.45) is -13.7. The van der Waals surface area contributed by atoms with Crippen molar-refractivity contribution < 1.29 is 84.0 Å². The van der Waals surface area contributed by atoms with Crippen LogP contribution in [0.25, 0.3) is 11.1 Å². The number of carbonyl (C=O) groups is 4. The smallest absolute Gasteiger partial charge is 0.483 e. The number of hydrogen-bond donors (Lipinski definition) is 6. The highest BCUT2D eigenvalue weighted by molar-refractivity contribution is 9.10. The van der Waals surface area contributed by atoms with Crippen molar-refractivity contribution in [1.29, 1.82) is 0 Å². The summed E-state index contributed by atoms with van der Waals surface area (Å²) < 4.78 is 118. The lowest BCUT2D eigenvalue weighted by atomic mass is 9.77. The van der Waals surface area contributed by atoms with Gasteiger partial charge in [0.05, 0.1) is 35.3 Å². The van der Waals surface area contributed by atoms with Crippen LogP contribution in [-0.2, 0) is 22.4 Å². The normalized spacial score (nSPS) is 11.8. The van der Waals surface area contributed by atoms with Crippen molar-refractivity contribution in [1.82, 2.24) is 0 Å². The molecule has 8 aromatic carbocycles. The molecular formula is C64H54BBrCl2F8N2O10. The molecule has 0 aliphatic heterocycles. The molecular weight excluding hydrogens is 1270 g/mol. The number of carbonyl (C=O) groups excluding carboxylic acids is 2. The highest BCUT2D eigenvalue weighted by Crippen LogP contribution is 2.41. The van der Waals surface area contributed by atoms with Gasteiger partial charge in [0.25, 0.3) is 0 Å². The van der Waals surface area contributed by atoms with Gasteiger partial charge in [0, 0.05) is 38.5 Å². The van der Waals surface area contributed by atoms with Crippen LogP contribution in [0, 0.1) is 25.5 Å². The number of aromatic carboxylic acids is 2. The van der Waals surface area contributed by atoms with Gasteiger partial charge < -0.3 is 40.4 Å². The van der Waals surface area contributed by atoms with Gasteiger partial charge in [-0.2, -0.15) is 26.3 Å². The Balaban J connectivity index is 0.000000238.